The van der Waals surface area contributed by atoms with Gasteiger partial charge in [-0.3, -0.25) is 14.2 Å². The number of nitrogens with two attached hydrogens (primary N) is 1. The number of benzene rings is 1. The fraction of sp³-hybridized carbons (Fsp3) is 0.462. The van der Waals surface area contributed by atoms with Gasteiger partial charge in [0.25, 0.3) is 5.56 Å². The first kappa shape index (κ1) is 22.5. The van der Waals surface area contributed by atoms with E-state index in [-0.39, 0.29) is 29.4 Å². The van der Waals surface area contributed by atoms with Crippen LogP contribution in [0.1, 0.15) is 43.6 Å². The van der Waals surface area contributed by atoms with E-state index in [0.29, 0.717) is 61.7 Å². The molecule has 0 bridgehead atoms. The number of amides is 1. The van der Waals surface area contributed by atoms with Gasteiger partial charge in [0.1, 0.15) is 5.82 Å². The standard InChI is InChI=1S/C26H31N5O3/c27-23-9-8-22-24(29-23)26(34)31(16-28-22)15-17-10-12-30(13-11-17)25(33)20-7-6-19(32)14-21(20)18-4-2-1-3-5-18/h1-5,8-9,16-17,19-21,32H,6-7,10-15H2,(H2,27,29). The normalized spacial score (nSPS) is 23.8. The molecule has 3 heterocycles. The van der Waals surface area contributed by atoms with Gasteiger partial charge in [-0.1, -0.05) is 30.3 Å². The Morgan fingerprint density at radius 1 is 1.06 bits per heavy atom. The molecule has 8 nitrogen and oxygen atoms in total. The molecule has 2 aromatic heterocycles. The molecule has 3 atom stereocenters. The first-order chi connectivity index (χ1) is 16.5. The molecule has 1 aliphatic heterocycles. The zero-order valence-electron chi connectivity index (χ0n) is 19.2. The lowest BCUT2D eigenvalue weighted by atomic mass is 9.73. The van der Waals surface area contributed by atoms with E-state index in [0.717, 1.165) is 18.4 Å². The number of rotatable bonds is 4. The molecule has 3 unspecified atom stereocenters. The highest BCUT2D eigenvalue weighted by Gasteiger charge is 2.38. The van der Waals surface area contributed by atoms with Crippen LogP contribution < -0.4 is 11.3 Å². The fourth-order valence-electron chi connectivity index (χ4n) is 5.54. The first-order valence-corrected chi connectivity index (χ1v) is 12.1. The molecule has 3 N–H and O–H groups in total. The van der Waals surface area contributed by atoms with Crippen LogP contribution >= 0.6 is 0 Å². The van der Waals surface area contributed by atoms with E-state index in [2.05, 4.69) is 22.1 Å². The maximum absolute atomic E-state index is 13.5. The van der Waals surface area contributed by atoms with Gasteiger partial charge < -0.3 is 15.7 Å². The number of nitrogens with zero attached hydrogens (tertiary/aromatic N) is 4. The highest BCUT2D eigenvalue weighted by atomic mass is 16.3. The van der Waals surface area contributed by atoms with Crippen molar-refractivity contribution in [3.8, 4) is 0 Å². The Hall–Kier alpha value is -3.26. The molecule has 2 aliphatic rings. The lowest BCUT2D eigenvalue weighted by molar-refractivity contribution is -0.139. The number of nitrogen functional groups attached to an aromatic ring is 1. The molecule has 2 fully saturated rings. The minimum atomic E-state index is -0.348. The van der Waals surface area contributed by atoms with Crippen molar-refractivity contribution in [2.24, 2.45) is 11.8 Å². The Bertz CT molecular complexity index is 1220. The van der Waals surface area contributed by atoms with E-state index < -0.39 is 0 Å². The van der Waals surface area contributed by atoms with Gasteiger partial charge in [-0.05, 0) is 61.6 Å². The van der Waals surface area contributed by atoms with Gasteiger partial charge in [0.2, 0.25) is 5.91 Å². The van der Waals surface area contributed by atoms with Gasteiger partial charge in [-0.2, -0.15) is 0 Å². The molecule has 1 aliphatic carbocycles. The molecule has 1 saturated heterocycles. The van der Waals surface area contributed by atoms with E-state index >= 15 is 0 Å². The van der Waals surface area contributed by atoms with Crippen molar-refractivity contribution in [3.63, 3.8) is 0 Å². The van der Waals surface area contributed by atoms with Crippen molar-refractivity contribution < 1.29 is 9.90 Å². The lowest BCUT2D eigenvalue weighted by Gasteiger charge is -2.39. The average molecular weight is 462 g/mol. The van der Waals surface area contributed by atoms with Crippen LogP contribution in [-0.2, 0) is 11.3 Å². The SMILES string of the molecule is Nc1ccc2ncn(CC3CCN(C(=O)C4CCC(O)CC4c4ccccc4)CC3)c(=O)c2n1. The van der Waals surface area contributed by atoms with Crippen LogP contribution in [-0.4, -0.2) is 49.6 Å². The van der Waals surface area contributed by atoms with Gasteiger partial charge in [0.05, 0.1) is 17.9 Å². The number of fused-ring (bicyclic) bond motifs is 1. The number of anilines is 1. The molecule has 1 amide bonds. The number of piperidine rings is 1. The molecule has 34 heavy (non-hydrogen) atoms. The maximum atomic E-state index is 13.5. The summed E-state index contributed by atoms with van der Waals surface area (Å²) >= 11 is 0. The van der Waals surface area contributed by atoms with Crippen LogP contribution in [0.15, 0.2) is 53.6 Å². The van der Waals surface area contributed by atoms with Crippen molar-refractivity contribution in [2.75, 3.05) is 18.8 Å². The molecule has 0 radical (unpaired) electrons. The largest absolute Gasteiger partial charge is 0.393 e. The maximum Gasteiger partial charge on any atom is 0.279 e. The minimum absolute atomic E-state index is 0.0531. The summed E-state index contributed by atoms with van der Waals surface area (Å²) in [7, 11) is 0. The molecular formula is C26H31N5O3. The second-order valence-electron chi connectivity index (χ2n) is 9.67. The molecule has 3 aromatic rings. The minimum Gasteiger partial charge on any atom is -0.393 e. The van der Waals surface area contributed by atoms with Gasteiger partial charge in [0, 0.05) is 25.6 Å². The van der Waals surface area contributed by atoms with Crippen LogP contribution in [0.25, 0.3) is 11.0 Å². The number of aromatic nitrogens is 3. The quantitative estimate of drug-likeness (QED) is 0.617. The Balaban J connectivity index is 1.24. The zero-order valence-corrected chi connectivity index (χ0v) is 19.2. The van der Waals surface area contributed by atoms with Gasteiger partial charge in [-0.15, -0.1) is 0 Å². The molecule has 178 valence electrons. The molecule has 8 heteroatoms. The van der Waals surface area contributed by atoms with Crippen LogP contribution in [0, 0.1) is 11.8 Å². The highest BCUT2D eigenvalue weighted by Crippen LogP contribution is 2.39. The fourth-order valence-corrected chi connectivity index (χ4v) is 5.54. The Labute approximate surface area is 198 Å². The lowest BCUT2D eigenvalue weighted by Crippen LogP contribution is -2.45. The molecule has 1 saturated carbocycles. The first-order valence-electron chi connectivity index (χ1n) is 12.1. The van der Waals surface area contributed by atoms with Gasteiger partial charge in [0.15, 0.2) is 5.52 Å². The number of likely N-dealkylation sites (tertiary alicyclic amines) is 1. The van der Waals surface area contributed by atoms with Crippen LogP contribution in [0.3, 0.4) is 0 Å². The summed E-state index contributed by atoms with van der Waals surface area (Å²) in [5.74, 6) is 0.757. The smallest absolute Gasteiger partial charge is 0.279 e. The average Bonchev–Trinajstić information content (AvgIpc) is 2.86. The summed E-state index contributed by atoms with van der Waals surface area (Å²) in [4.78, 5) is 36.9. The second-order valence-corrected chi connectivity index (χ2v) is 9.67. The Morgan fingerprint density at radius 2 is 1.82 bits per heavy atom. The summed E-state index contributed by atoms with van der Waals surface area (Å²) in [5.41, 5.74) is 7.54. The number of hydrogen-bond acceptors (Lipinski definition) is 6. The van der Waals surface area contributed by atoms with Crippen LogP contribution in [0.5, 0.6) is 0 Å². The van der Waals surface area contributed by atoms with E-state index in [1.807, 2.05) is 23.1 Å². The number of aliphatic hydroxyl groups excluding tert-OH is 1. The third kappa shape index (κ3) is 4.55. The monoisotopic (exact) mass is 461 g/mol. The summed E-state index contributed by atoms with van der Waals surface area (Å²) in [5, 5.41) is 10.3. The Morgan fingerprint density at radius 3 is 2.59 bits per heavy atom. The number of hydrogen-bond donors (Lipinski definition) is 2. The summed E-state index contributed by atoms with van der Waals surface area (Å²) < 4.78 is 1.62. The van der Waals surface area contributed by atoms with Crippen molar-refractivity contribution in [2.45, 2.75) is 50.7 Å². The molecular weight excluding hydrogens is 430 g/mol. The van der Waals surface area contributed by atoms with E-state index in [4.69, 9.17) is 5.73 Å². The predicted octanol–water partition coefficient (Wildman–Crippen LogP) is 2.56. The second kappa shape index (κ2) is 9.54. The third-order valence-corrected chi connectivity index (χ3v) is 7.44. The van der Waals surface area contributed by atoms with Crippen molar-refractivity contribution in [3.05, 3.63) is 64.7 Å². The van der Waals surface area contributed by atoms with E-state index in [9.17, 15) is 14.7 Å². The predicted molar refractivity (Wildman–Crippen MR) is 130 cm³/mol. The molecule has 5 rings (SSSR count). The Kier molecular flexibility index (Phi) is 6.32. The van der Waals surface area contributed by atoms with Crippen molar-refractivity contribution in [1.82, 2.24) is 19.4 Å². The summed E-state index contributed by atoms with van der Waals surface area (Å²) in [6, 6.07) is 13.4. The van der Waals surface area contributed by atoms with E-state index in [1.165, 1.54) is 0 Å². The van der Waals surface area contributed by atoms with Crippen molar-refractivity contribution >= 4 is 22.8 Å². The van der Waals surface area contributed by atoms with Gasteiger partial charge in [-0.25, -0.2) is 9.97 Å². The number of aliphatic hydroxyl groups is 1. The number of carbonyl (C=O) groups is 1. The molecule has 0 spiro atoms. The number of pyridine rings is 1. The van der Waals surface area contributed by atoms with E-state index in [1.54, 1.807) is 23.0 Å². The topological polar surface area (TPSA) is 114 Å². The van der Waals surface area contributed by atoms with Crippen LogP contribution in [0.2, 0.25) is 0 Å². The molecule has 1 aromatic carbocycles. The highest BCUT2D eigenvalue weighted by molar-refractivity contribution is 5.80. The number of carbonyl (C=O) groups excluding carboxylic acids is 1. The van der Waals surface area contributed by atoms with Gasteiger partial charge >= 0.3 is 0 Å². The van der Waals surface area contributed by atoms with Crippen molar-refractivity contribution in [1.29, 1.82) is 0 Å². The third-order valence-electron chi connectivity index (χ3n) is 7.44. The summed E-state index contributed by atoms with van der Waals surface area (Å²) in [6.07, 6.45) is 4.93. The zero-order chi connectivity index (χ0) is 23.7. The van der Waals surface area contributed by atoms with Crippen LogP contribution in [0.4, 0.5) is 5.82 Å². The summed E-state index contributed by atoms with van der Waals surface area (Å²) in [6.45, 7) is 1.93.